The van der Waals surface area contributed by atoms with Crippen molar-refractivity contribution in [1.82, 2.24) is 5.32 Å². The smallest absolute Gasteiger partial charge is 0.263 e. The second-order valence-electron chi connectivity index (χ2n) is 5.15. The molecule has 0 bridgehead atoms. The van der Waals surface area contributed by atoms with Crippen LogP contribution in [-0.2, 0) is 4.74 Å². The first kappa shape index (κ1) is 14.2. The van der Waals surface area contributed by atoms with E-state index in [2.05, 4.69) is 5.32 Å². The lowest BCUT2D eigenvalue weighted by Gasteiger charge is -2.15. The van der Waals surface area contributed by atoms with Crippen molar-refractivity contribution in [3.63, 3.8) is 0 Å². The fraction of sp³-hybridized carbons (Fsp3) is 0.400. The molecule has 2 unspecified atom stereocenters. The lowest BCUT2D eigenvalue weighted by atomic mass is 10.1. The number of benzene rings is 1. The maximum Gasteiger partial charge on any atom is 0.263 e. The van der Waals surface area contributed by atoms with Crippen molar-refractivity contribution in [2.24, 2.45) is 0 Å². The molecule has 1 aliphatic heterocycles. The van der Waals surface area contributed by atoms with E-state index in [4.69, 9.17) is 15.2 Å². The highest BCUT2D eigenvalue weighted by Gasteiger charge is 2.27. The number of thiophene rings is 1. The Bertz CT molecular complexity index is 683. The number of hydrogen-bond donors (Lipinski definition) is 2. The number of rotatable bonds is 3. The Hall–Kier alpha value is -1.79. The molecule has 1 amide bonds. The van der Waals surface area contributed by atoms with E-state index >= 15 is 0 Å². The molecule has 2 aromatic rings. The fourth-order valence-corrected chi connectivity index (χ4v) is 3.60. The molecule has 5 nitrogen and oxygen atoms in total. The van der Waals surface area contributed by atoms with Crippen LogP contribution in [0.25, 0.3) is 10.1 Å². The van der Waals surface area contributed by atoms with Gasteiger partial charge < -0.3 is 20.5 Å². The normalized spacial score (nSPS) is 21.6. The number of anilines is 1. The first-order chi connectivity index (χ1) is 10.1. The average Bonchev–Trinajstić information content (AvgIpc) is 3.03. The van der Waals surface area contributed by atoms with Crippen molar-refractivity contribution in [3.8, 4) is 5.75 Å². The summed E-state index contributed by atoms with van der Waals surface area (Å²) in [6.07, 6.45) is 0.885. The molecule has 0 aliphatic carbocycles. The van der Waals surface area contributed by atoms with Crippen LogP contribution in [0.15, 0.2) is 18.2 Å². The quantitative estimate of drug-likeness (QED) is 0.913. The van der Waals surface area contributed by atoms with Gasteiger partial charge >= 0.3 is 0 Å². The third-order valence-electron chi connectivity index (χ3n) is 3.83. The number of nitrogens with two attached hydrogens (primary N) is 1. The molecular weight excluding hydrogens is 288 g/mol. The van der Waals surface area contributed by atoms with Crippen molar-refractivity contribution in [2.75, 3.05) is 19.5 Å². The number of hydrogen-bond acceptors (Lipinski definition) is 5. The molecule has 0 radical (unpaired) electrons. The molecular formula is C15H18N2O3S. The van der Waals surface area contributed by atoms with Crippen LogP contribution in [0.5, 0.6) is 5.75 Å². The molecule has 2 atom stereocenters. The van der Waals surface area contributed by atoms with Crippen molar-refractivity contribution in [1.29, 1.82) is 0 Å². The van der Waals surface area contributed by atoms with Gasteiger partial charge in [0, 0.05) is 16.7 Å². The van der Waals surface area contributed by atoms with Crippen LogP contribution < -0.4 is 15.8 Å². The molecule has 3 N–H and O–H groups in total. The molecule has 0 saturated carbocycles. The summed E-state index contributed by atoms with van der Waals surface area (Å²) in [7, 11) is 1.62. The van der Waals surface area contributed by atoms with Crippen LogP contribution in [0.2, 0.25) is 0 Å². The molecule has 1 aromatic heterocycles. The second kappa shape index (κ2) is 5.54. The summed E-state index contributed by atoms with van der Waals surface area (Å²) in [5.74, 6) is 0.628. The topological polar surface area (TPSA) is 73.6 Å². The largest absolute Gasteiger partial charge is 0.497 e. The maximum atomic E-state index is 12.4. The van der Waals surface area contributed by atoms with Gasteiger partial charge in [0.05, 0.1) is 24.9 Å². The highest BCUT2D eigenvalue weighted by Crippen LogP contribution is 2.35. The van der Waals surface area contributed by atoms with Gasteiger partial charge in [-0.3, -0.25) is 4.79 Å². The highest BCUT2D eigenvalue weighted by molar-refractivity contribution is 7.21. The first-order valence-corrected chi connectivity index (χ1v) is 7.70. The van der Waals surface area contributed by atoms with Crippen molar-refractivity contribution >= 4 is 33.0 Å². The predicted octanol–water partition coefficient (Wildman–Crippen LogP) is 2.40. The molecule has 2 heterocycles. The molecule has 112 valence electrons. The molecule has 1 fully saturated rings. The molecule has 0 spiro atoms. The molecule has 1 saturated heterocycles. The minimum absolute atomic E-state index is 0.0460. The first-order valence-electron chi connectivity index (χ1n) is 6.88. The Labute approximate surface area is 127 Å². The van der Waals surface area contributed by atoms with Gasteiger partial charge in [-0.25, -0.2) is 0 Å². The van der Waals surface area contributed by atoms with Crippen molar-refractivity contribution < 1.29 is 14.3 Å². The van der Waals surface area contributed by atoms with Crippen LogP contribution in [0.4, 0.5) is 5.69 Å². The molecule has 6 heteroatoms. The highest BCUT2D eigenvalue weighted by atomic mass is 32.1. The number of nitrogen functional groups attached to an aromatic ring is 1. The van der Waals surface area contributed by atoms with Crippen LogP contribution in [-0.4, -0.2) is 31.8 Å². The number of carbonyl (C=O) groups excluding carboxylic acids is 1. The average molecular weight is 306 g/mol. The van der Waals surface area contributed by atoms with Gasteiger partial charge in [0.15, 0.2) is 0 Å². The lowest BCUT2D eigenvalue weighted by molar-refractivity contribution is 0.0870. The summed E-state index contributed by atoms with van der Waals surface area (Å²) in [4.78, 5) is 13.0. The van der Waals surface area contributed by atoms with Gasteiger partial charge in [-0.05, 0) is 31.5 Å². The zero-order valence-electron chi connectivity index (χ0n) is 12.0. The summed E-state index contributed by atoms with van der Waals surface area (Å²) >= 11 is 1.39. The third-order valence-corrected chi connectivity index (χ3v) is 5.00. The number of ether oxygens (including phenoxy) is 2. The van der Waals surface area contributed by atoms with E-state index in [-0.39, 0.29) is 18.1 Å². The second-order valence-corrected chi connectivity index (χ2v) is 6.20. The van der Waals surface area contributed by atoms with Crippen molar-refractivity contribution in [2.45, 2.75) is 25.5 Å². The molecule has 1 aromatic carbocycles. The van der Waals surface area contributed by atoms with E-state index in [0.29, 0.717) is 17.2 Å². The summed E-state index contributed by atoms with van der Waals surface area (Å²) in [5.41, 5.74) is 6.65. The minimum atomic E-state index is -0.130. The monoisotopic (exact) mass is 306 g/mol. The van der Waals surface area contributed by atoms with Crippen LogP contribution >= 0.6 is 11.3 Å². The SMILES string of the molecule is COc1ccc2c(N)c(C(=O)NC3CCOC3C)sc2c1. The van der Waals surface area contributed by atoms with Crippen molar-refractivity contribution in [3.05, 3.63) is 23.1 Å². The van der Waals surface area contributed by atoms with Crippen LogP contribution in [0.3, 0.4) is 0 Å². The lowest BCUT2D eigenvalue weighted by Crippen LogP contribution is -2.39. The Morgan fingerprint density at radius 3 is 3.00 bits per heavy atom. The summed E-state index contributed by atoms with van der Waals surface area (Å²) in [6.45, 7) is 2.66. The van der Waals surface area contributed by atoms with E-state index in [0.717, 1.165) is 22.3 Å². The Morgan fingerprint density at radius 1 is 1.52 bits per heavy atom. The van der Waals surface area contributed by atoms with Gasteiger partial charge in [0.25, 0.3) is 5.91 Å². The Morgan fingerprint density at radius 2 is 2.33 bits per heavy atom. The summed E-state index contributed by atoms with van der Waals surface area (Å²) < 4.78 is 11.6. The van der Waals surface area contributed by atoms with Crippen LogP contribution in [0, 0.1) is 0 Å². The van der Waals surface area contributed by atoms with E-state index < -0.39 is 0 Å². The summed E-state index contributed by atoms with van der Waals surface area (Å²) in [6, 6.07) is 5.68. The van der Waals surface area contributed by atoms with Crippen LogP contribution in [0.1, 0.15) is 23.0 Å². The minimum Gasteiger partial charge on any atom is -0.497 e. The number of carbonyl (C=O) groups is 1. The Kier molecular flexibility index (Phi) is 3.73. The molecule has 3 rings (SSSR count). The zero-order valence-corrected chi connectivity index (χ0v) is 12.8. The van der Waals surface area contributed by atoms with E-state index in [1.54, 1.807) is 7.11 Å². The molecule has 21 heavy (non-hydrogen) atoms. The van der Waals surface area contributed by atoms with E-state index in [9.17, 15) is 4.79 Å². The molecule has 1 aliphatic rings. The number of fused-ring (bicyclic) bond motifs is 1. The van der Waals surface area contributed by atoms with Gasteiger partial charge in [-0.2, -0.15) is 0 Å². The zero-order chi connectivity index (χ0) is 15.0. The Balaban J connectivity index is 1.89. The van der Waals surface area contributed by atoms with Gasteiger partial charge in [-0.15, -0.1) is 11.3 Å². The number of amides is 1. The number of methoxy groups -OCH3 is 1. The number of nitrogens with one attached hydrogen (secondary N) is 1. The van der Waals surface area contributed by atoms with E-state index in [1.807, 2.05) is 25.1 Å². The predicted molar refractivity (Wildman–Crippen MR) is 84.1 cm³/mol. The van der Waals surface area contributed by atoms with Gasteiger partial charge in [-0.1, -0.05) is 0 Å². The van der Waals surface area contributed by atoms with Gasteiger partial charge in [0.2, 0.25) is 0 Å². The maximum absolute atomic E-state index is 12.4. The van der Waals surface area contributed by atoms with E-state index in [1.165, 1.54) is 11.3 Å². The van der Waals surface area contributed by atoms with Gasteiger partial charge in [0.1, 0.15) is 10.6 Å². The standard InChI is InChI=1S/C15H18N2O3S/c1-8-11(5-6-20-8)17-15(18)14-13(16)10-4-3-9(19-2)7-12(10)21-14/h3-4,7-8,11H,5-6,16H2,1-2H3,(H,17,18). The fourth-order valence-electron chi connectivity index (χ4n) is 2.55. The summed E-state index contributed by atoms with van der Waals surface area (Å²) in [5, 5.41) is 3.90. The third kappa shape index (κ3) is 2.56.